The van der Waals surface area contributed by atoms with Gasteiger partial charge in [-0.2, -0.15) is 0 Å². The van der Waals surface area contributed by atoms with Gasteiger partial charge in [0.25, 0.3) is 5.69 Å². The Morgan fingerprint density at radius 3 is 2.00 bits per heavy atom. The second-order valence-corrected chi connectivity index (χ2v) is 10.5. The third kappa shape index (κ3) is 5.15. The summed E-state index contributed by atoms with van der Waals surface area (Å²) in [5, 5.41) is 11.0. The van der Waals surface area contributed by atoms with E-state index in [-0.39, 0.29) is 16.9 Å². The van der Waals surface area contributed by atoms with Gasteiger partial charge < -0.3 is 9.31 Å². The van der Waals surface area contributed by atoms with Gasteiger partial charge in [-0.15, -0.1) is 0 Å². The SMILES string of the molecule is Cc1ccc(S(=O)(=O)NC(CB2OC(C)(C)C(C)(C)O2)c2ccc([N+](=O)[O-])cc2)cc1. The zero-order valence-corrected chi connectivity index (χ0v) is 19.1. The highest BCUT2D eigenvalue weighted by Crippen LogP contribution is 2.39. The molecular formula is C21H27BN2O6S. The van der Waals surface area contributed by atoms with Crippen molar-refractivity contribution in [3.05, 3.63) is 69.8 Å². The van der Waals surface area contributed by atoms with Crippen molar-refractivity contribution in [1.29, 1.82) is 0 Å². The monoisotopic (exact) mass is 446 g/mol. The van der Waals surface area contributed by atoms with E-state index in [0.29, 0.717) is 5.56 Å². The Hall–Kier alpha value is -2.27. The molecule has 2 aromatic rings. The van der Waals surface area contributed by atoms with E-state index in [4.69, 9.17) is 9.31 Å². The molecule has 31 heavy (non-hydrogen) atoms. The first-order valence-electron chi connectivity index (χ1n) is 10.00. The lowest BCUT2D eigenvalue weighted by atomic mass is 9.78. The van der Waals surface area contributed by atoms with Crippen molar-refractivity contribution in [2.24, 2.45) is 0 Å². The number of benzene rings is 2. The third-order valence-corrected chi connectivity index (χ3v) is 7.35. The van der Waals surface area contributed by atoms with Crippen LogP contribution in [0.3, 0.4) is 0 Å². The third-order valence-electron chi connectivity index (χ3n) is 5.87. The first-order valence-corrected chi connectivity index (χ1v) is 11.5. The molecule has 0 aromatic heterocycles. The summed E-state index contributed by atoms with van der Waals surface area (Å²) in [4.78, 5) is 10.6. The van der Waals surface area contributed by atoms with Crippen molar-refractivity contribution in [3.8, 4) is 0 Å². The van der Waals surface area contributed by atoms with E-state index in [1.807, 2.05) is 34.6 Å². The predicted molar refractivity (Wildman–Crippen MR) is 118 cm³/mol. The van der Waals surface area contributed by atoms with Crippen LogP contribution in [0.25, 0.3) is 0 Å². The van der Waals surface area contributed by atoms with E-state index in [1.165, 1.54) is 12.1 Å². The zero-order valence-electron chi connectivity index (χ0n) is 18.3. The molecule has 1 aliphatic heterocycles. The topological polar surface area (TPSA) is 108 Å². The molecule has 3 rings (SSSR count). The van der Waals surface area contributed by atoms with Gasteiger partial charge in [-0.3, -0.25) is 10.1 Å². The number of non-ortho nitro benzene ring substituents is 1. The minimum Gasteiger partial charge on any atom is -0.403 e. The highest BCUT2D eigenvalue weighted by Gasteiger charge is 2.51. The molecular weight excluding hydrogens is 419 g/mol. The number of aryl methyl sites for hydroxylation is 1. The molecule has 1 N–H and O–H groups in total. The molecule has 1 aliphatic rings. The number of rotatable bonds is 7. The van der Waals surface area contributed by atoms with Crippen LogP contribution < -0.4 is 4.72 Å². The molecule has 166 valence electrons. The van der Waals surface area contributed by atoms with Crippen molar-refractivity contribution >= 4 is 22.8 Å². The molecule has 1 unspecified atom stereocenters. The Morgan fingerprint density at radius 2 is 1.52 bits per heavy atom. The molecule has 8 nitrogen and oxygen atoms in total. The summed E-state index contributed by atoms with van der Waals surface area (Å²) in [6.45, 7) is 9.56. The summed E-state index contributed by atoms with van der Waals surface area (Å²) < 4.78 is 40.9. The van der Waals surface area contributed by atoms with Crippen LogP contribution in [0, 0.1) is 17.0 Å². The molecule has 1 fully saturated rings. The molecule has 1 atom stereocenters. The number of nitrogens with one attached hydrogen (secondary N) is 1. The van der Waals surface area contributed by atoms with E-state index >= 15 is 0 Å². The highest BCUT2D eigenvalue weighted by molar-refractivity contribution is 7.89. The lowest BCUT2D eigenvalue weighted by molar-refractivity contribution is -0.384. The van der Waals surface area contributed by atoms with Crippen LogP contribution in [-0.2, 0) is 19.3 Å². The molecule has 0 spiro atoms. The fraction of sp³-hybridized carbons (Fsp3) is 0.429. The van der Waals surface area contributed by atoms with Crippen LogP contribution in [-0.4, -0.2) is 31.7 Å². The van der Waals surface area contributed by atoms with Crippen LogP contribution in [0.1, 0.15) is 44.9 Å². The fourth-order valence-corrected chi connectivity index (χ4v) is 4.54. The van der Waals surface area contributed by atoms with Gasteiger partial charge in [-0.1, -0.05) is 29.8 Å². The van der Waals surface area contributed by atoms with E-state index in [2.05, 4.69) is 4.72 Å². The van der Waals surface area contributed by atoms with Crippen molar-refractivity contribution in [1.82, 2.24) is 4.72 Å². The summed E-state index contributed by atoms with van der Waals surface area (Å²) in [7, 11) is -4.49. The Bertz CT molecular complexity index is 1040. The average molecular weight is 446 g/mol. The van der Waals surface area contributed by atoms with Gasteiger partial charge in [0.05, 0.1) is 21.0 Å². The molecule has 2 aromatic carbocycles. The second kappa shape index (κ2) is 8.35. The Kier molecular flexibility index (Phi) is 6.30. The van der Waals surface area contributed by atoms with Crippen LogP contribution in [0.2, 0.25) is 6.32 Å². The van der Waals surface area contributed by atoms with Gasteiger partial charge in [0.15, 0.2) is 0 Å². The lowest BCUT2D eigenvalue weighted by Gasteiger charge is -2.32. The first kappa shape index (κ1) is 23.4. The zero-order chi connectivity index (χ0) is 23.0. The summed E-state index contributed by atoms with van der Waals surface area (Å²) in [5.74, 6) is 0. The fourth-order valence-electron chi connectivity index (χ4n) is 3.31. The molecule has 0 saturated carbocycles. The molecule has 0 aliphatic carbocycles. The van der Waals surface area contributed by atoms with Crippen LogP contribution in [0.4, 0.5) is 5.69 Å². The van der Waals surface area contributed by atoms with Crippen molar-refractivity contribution < 1.29 is 22.6 Å². The lowest BCUT2D eigenvalue weighted by Crippen LogP contribution is -2.41. The minimum absolute atomic E-state index is 0.0699. The van der Waals surface area contributed by atoms with Crippen LogP contribution in [0.5, 0.6) is 0 Å². The van der Waals surface area contributed by atoms with Crippen LogP contribution >= 0.6 is 0 Å². The van der Waals surface area contributed by atoms with Gasteiger partial charge in [0.1, 0.15) is 0 Å². The van der Waals surface area contributed by atoms with E-state index < -0.39 is 39.3 Å². The predicted octanol–water partition coefficient (Wildman–Crippen LogP) is 4.02. The quantitative estimate of drug-likeness (QED) is 0.391. The van der Waals surface area contributed by atoms with Gasteiger partial charge in [-0.05, 0) is 52.3 Å². The van der Waals surface area contributed by atoms with Gasteiger partial charge in [-0.25, -0.2) is 13.1 Å². The second-order valence-electron chi connectivity index (χ2n) is 8.76. The van der Waals surface area contributed by atoms with E-state index in [1.54, 1.807) is 36.4 Å². The van der Waals surface area contributed by atoms with Crippen LogP contribution in [0.15, 0.2) is 53.4 Å². The summed E-state index contributed by atoms with van der Waals surface area (Å²) in [6.07, 6.45) is 0.204. The number of hydrogen-bond donors (Lipinski definition) is 1. The van der Waals surface area contributed by atoms with Crippen molar-refractivity contribution in [3.63, 3.8) is 0 Å². The van der Waals surface area contributed by atoms with E-state index in [9.17, 15) is 18.5 Å². The summed E-state index contributed by atoms with van der Waals surface area (Å²) in [5.41, 5.74) is 0.333. The van der Waals surface area contributed by atoms with Gasteiger partial charge >= 0.3 is 7.12 Å². The van der Waals surface area contributed by atoms with Gasteiger partial charge in [0, 0.05) is 24.5 Å². The summed E-state index contributed by atoms with van der Waals surface area (Å²) >= 11 is 0. The minimum atomic E-state index is -3.85. The molecule has 0 bridgehead atoms. The molecule has 1 saturated heterocycles. The molecule has 10 heteroatoms. The maximum Gasteiger partial charge on any atom is 0.459 e. The largest absolute Gasteiger partial charge is 0.459 e. The Morgan fingerprint density at radius 1 is 1.00 bits per heavy atom. The number of nitrogens with zero attached hydrogens (tertiary/aromatic N) is 1. The number of sulfonamides is 1. The smallest absolute Gasteiger partial charge is 0.403 e. The highest BCUT2D eigenvalue weighted by atomic mass is 32.2. The Balaban J connectivity index is 1.91. The maximum absolute atomic E-state index is 13.0. The number of hydrogen-bond acceptors (Lipinski definition) is 6. The van der Waals surface area contributed by atoms with Crippen molar-refractivity contribution in [2.45, 2.75) is 63.1 Å². The Labute approximate surface area is 183 Å². The average Bonchev–Trinajstić information content (AvgIpc) is 2.87. The number of nitro groups is 1. The molecule has 0 amide bonds. The van der Waals surface area contributed by atoms with E-state index in [0.717, 1.165) is 5.56 Å². The maximum atomic E-state index is 13.0. The molecule has 1 heterocycles. The normalized spacial score (nSPS) is 18.7. The van der Waals surface area contributed by atoms with Crippen molar-refractivity contribution in [2.75, 3.05) is 0 Å². The van der Waals surface area contributed by atoms with Gasteiger partial charge in [0.2, 0.25) is 10.0 Å². The standard InChI is InChI=1S/C21H27BN2O6S/c1-15-6-12-18(13-7-15)31(27,28)23-19(16-8-10-17(11-9-16)24(25)26)14-22-29-20(2,3)21(4,5)30-22/h6-13,19,23H,14H2,1-5H3. The first-order chi connectivity index (χ1) is 14.3. The summed E-state index contributed by atoms with van der Waals surface area (Å²) in [6, 6.07) is 11.6. The molecule has 0 radical (unpaired) electrons. The number of nitro benzene ring substituents is 1.